The summed E-state index contributed by atoms with van der Waals surface area (Å²) in [5.74, 6) is 2.58. The van der Waals surface area contributed by atoms with Gasteiger partial charge in [0.15, 0.2) is 5.65 Å². The van der Waals surface area contributed by atoms with Crippen LogP contribution in [0.1, 0.15) is 31.3 Å². The third-order valence-corrected chi connectivity index (χ3v) is 3.85. The van der Waals surface area contributed by atoms with Crippen LogP contribution in [0.5, 0.6) is 0 Å². The van der Waals surface area contributed by atoms with Crippen molar-refractivity contribution in [3.05, 3.63) is 11.5 Å². The summed E-state index contributed by atoms with van der Waals surface area (Å²) in [7, 11) is 2.01. The number of hydrogen-bond acceptors (Lipinski definition) is 2. The quantitative estimate of drug-likeness (QED) is 0.780. The van der Waals surface area contributed by atoms with E-state index in [0.29, 0.717) is 5.88 Å². The van der Waals surface area contributed by atoms with Crippen LogP contribution in [0, 0.1) is 5.92 Å². The van der Waals surface area contributed by atoms with Crippen molar-refractivity contribution in [2.75, 3.05) is 5.88 Å². The van der Waals surface area contributed by atoms with Gasteiger partial charge in [-0.25, -0.2) is 4.98 Å². The van der Waals surface area contributed by atoms with Crippen LogP contribution in [0.3, 0.4) is 0 Å². The van der Waals surface area contributed by atoms with Crippen LogP contribution in [0.2, 0.25) is 0 Å². The maximum absolute atomic E-state index is 5.89. The first-order valence-corrected chi connectivity index (χ1v) is 7.25. The fourth-order valence-electron chi connectivity index (χ4n) is 2.55. The van der Waals surface area contributed by atoms with Gasteiger partial charge in [-0.15, -0.1) is 11.6 Å². The van der Waals surface area contributed by atoms with Crippen molar-refractivity contribution in [1.82, 2.24) is 19.3 Å². The number of imidazole rings is 1. The van der Waals surface area contributed by atoms with E-state index in [-0.39, 0.29) is 0 Å². The number of hydrogen-bond donors (Lipinski definition) is 0. The molecule has 2 aromatic heterocycles. The van der Waals surface area contributed by atoms with Crippen molar-refractivity contribution in [3.63, 3.8) is 0 Å². The molecule has 0 atom stereocenters. The zero-order valence-electron chi connectivity index (χ0n) is 11.0. The van der Waals surface area contributed by atoms with E-state index >= 15 is 0 Å². The molecule has 0 aromatic carbocycles. The number of nitrogens with zero attached hydrogens (tertiary/aromatic N) is 4. The maximum Gasteiger partial charge on any atom is 0.158 e. The normalized spacial score (nSPS) is 15.7. The van der Waals surface area contributed by atoms with E-state index in [1.54, 1.807) is 0 Å². The first-order chi connectivity index (χ1) is 8.74. The van der Waals surface area contributed by atoms with Gasteiger partial charge in [-0.1, -0.05) is 6.92 Å². The number of halogens is 1. The number of fused-ring (bicyclic) bond motifs is 1. The van der Waals surface area contributed by atoms with Crippen molar-refractivity contribution in [1.29, 1.82) is 0 Å². The van der Waals surface area contributed by atoms with Crippen molar-refractivity contribution in [2.45, 2.75) is 39.2 Å². The Morgan fingerprint density at radius 1 is 1.39 bits per heavy atom. The van der Waals surface area contributed by atoms with Gasteiger partial charge < -0.3 is 4.57 Å². The molecule has 0 radical (unpaired) electrons. The maximum atomic E-state index is 5.89. The lowest BCUT2D eigenvalue weighted by Gasteiger charge is -2.07. The molecule has 0 aliphatic heterocycles. The second-order valence-electron chi connectivity index (χ2n) is 5.12. The van der Waals surface area contributed by atoms with Gasteiger partial charge in [0.05, 0.1) is 5.69 Å². The van der Waals surface area contributed by atoms with Gasteiger partial charge >= 0.3 is 0 Å². The lowest BCUT2D eigenvalue weighted by Crippen LogP contribution is -2.09. The third-order valence-electron chi connectivity index (χ3n) is 3.66. The topological polar surface area (TPSA) is 35.6 Å². The van der Waals surface area contributed by atoms with Crippen LogP contribution >= 0.6 is 11.6 Å². The summed E-state index contributed by atoms with van der Waals surface area (Å²) in [5.41, 5.74) is 3.33. The number of rotatable bonds is 5. The molecular formula is C13H19ClN4. The highest BCUT2D eigenvalue weighted by molar-refractivity contribution is 6.17. The largest absolute Gasteiger partial charge is 0.313 e. The molecule has 2 heterocycles. The molecule has 1 saturated carbocycles. The number of aryl methyl sites for hydroxylation is 3. The minimum absolute atomic E-state index is 0.628. The summed E-state index contributed by atoms with van der Waals surface area (Å²) in [6.07, 6.45) is 4.46. The molecule has 2 aromatic rings. The summed E-state index contributed by atoms with van der Waals surface area (Å²) in [6, 6.07) is 0. The van der Waals surface area contributed by atoms with Gasteiger partial charge in [0.1, 0.15) is 11.3 Å². The third kappa shape index (κ3) is 1.92. The summed E-state index contributed by atoms with van der Waals surface area (Å²) in [6.45, 7) is 3.20. The van der Waals surface area contributed by atoms with Crippen molar-refractivity contribution in [2.24, 2.45) is 13.0 Å². The summed E-state index contributed by atoms with van der Waals surface area (Å²) >= 11 is 5.89. The molecule has 1 fully saturated rings. The lowest BCUT2D eigenvalue weighted by molar-refractivity contribution is 0.594. The van der Waals surface area contributed by atoms with Gasteiger partial charge in [-0.05, 0) is 25.2 Å². The Bertz CT molecular complexity index is 565. The molecule has 5 heteroatoms. The SMILES string of the molecule is CCc1nn(C)c2c1nc(CCCl)n2CC1CC1. The molecule has 98 valence electrons. The van der Waals surface area contributed by atoms with Crippen LogP contribution in [0.25, 0.3) is 11.2 Å². The molecule has 1 aliphatic rings. The monoisotopic (exact) mass is 266 g/mol. The summed E-state index contributed by atoms with van der Waals surface area (Å²) in [4.78, 5) is 4.77. The molecule has 18 heavy (non-hydrogen) atoms. The minimum atomic E-state index is 0.628. The summed E-state index contributed by atoms with van der Waals surface area (Å²) in [5, 5.41) is 4.56. The second kappa shape index (κ2) is 4.57. The van der Waals surface area contributed by atoms with Crippen molar-refractivity contribution < 1.29 is 0 Å². The minimum Gasteiger partial charge on any atom is -0.313 e. The van der Waals surface area contributed by atoms with Gasteiger partial charge in [0.25, 0.3) is 0 Å². The van der Waals surface area contributed by atoms with E-state index in [1.165, 1.54) is 18.5 Å². The fraction of sp³-hybridized carbons (Fsp3) is 0.692. The Labute approximate surface area is 112 Å². The summed E-state index contributed by atoms with van der Waals surface area (Å²) < 4.78 is 4.31. The van der Waals surface area contributed by atoms with Crippen LogP contribution in [0.4, 0.5) is 0 Å². The smallest absolute Gasteiger partial charge is 0.158 e. The molecule has 4 nitrogen and oxygen atoms in total. The molecule has 0 spiro atoms. The Hall–Kier alpha value is -1.03. The van der Waals surface area contributed by atoms with Crippen LogP contribution in [-0.4, -0.2) is 25.2 Å². The molecule has 0 amide bonds. The number of aromatic nitrogens is 4. The van der Waals surface area contributed by atoms with Crippen molar-refractivity contribution >= 4 is 22.8 Å². The van der Waals surface area contributed by atoms with E-state index in [2.05, 4.69) is 16.6 Å². The number of alkyl halides is 1. The first-order valence-electron chi connectivity index (χ1n) is 6.71. The predicted octanol–water partition coefficient (Wildman–Crippen LogP) is 2.52. The Morgan fingerprint density at radius 2 is 2.17 bits per heavy atom. The Balaban J connectivity index is 2.13. The second-order valence-corrected chi connectivity index (χ2v) is 5.50. The van der Waals surface area contributed by atoms with E-state index < -0.39 is 0 Å². The van der Waals surface area contributed by atoms with Gasteiger partial charge in [-0.3, -0.25) is 4.68 Å². The highest BCUT2D eigenvalue weighted by Crippen LogP contribution is 2.33. The van der Waals surface area contributed by atoms with Gasteiger partial charge in [0, 0.05) is 25.9 Å². The standard InChI is InChI=1S/C13H19ClN4/c1-3-10-12-13(17(2)16-10)18(8-9-4-5-9)11(15-12)6-7-14/h9H,3-8H2,1-2H3. The van der Waals surface area contributed by atoms with Gasteiger partial charge in [0.2, 0.25) is 0 Å². The van der Waals surface area contributed by atoms with Crippen molar-refractivity contribution in [3.8, 4) is 0 Å². The molecular weight excluding hydrogens is 248 g/mol. The molecule has 0 bridgehead atoms. The molecule has 0 unspecified atom stereocenters. The van der Waals surface area contributed by atoms with Gasteiger partial charge in [-0.2, -0.15) is 5.10 Å². The van der Waals surface area contributed by atoms with E-state index in [1.807, 2.05) is 11.7 Å². The fourth-order valence-corrected chi connectivity index (χ4v) is 2.72. The van der Waals surface area contributed by atoms with E-state index in [4.69, 9.17) is 16.6 Å². The highest BCUT2D eigenvalue weighted by Gasteiger charge is 2.26. The zero-order valence-corrected chi connectivity index (χ0v) is 11.7. The predicted molar refractivity (Wildman–Crippen MR) is 73.0 cm³/mol. The van der Waals surface area contributed by atoms with Crippen LogP contribution in [-0.2, 0) is 26.4 Å². The molecule has 3 rings (SSSR count). The lowest BCUT2D eigenvalue weighted by atomic mass is 10.3. The van der Waals surface area contributed by atoms with E-state index in [9.17, 15) is 0 Å². The Kier molecular flexibility index (Phi) is 3.06. The van der Waals surface area contributed by atoms with Crippen LogP contribution in [0.15, 0.2) is 0 Å². The molecule has 0 saturated heterocycles. The van der Waals surface area contributed by atoms with Crippen LogP contribution < -0.4 is 0 Å². The first kappa shape index (κ1) is 12.0. The average molecular weight is 267 g/mol. The molecule has 1 aliphatic carbocycles. The Morgan fingerprint density at radius 3 is 2.78 bits per heavy atom. The highest BCUT2D eigenvalue weighted by atomic mass is 35.5. The average Bonchev–Trinajstić information content (AvgIpc) is 3.02. The van der Waals surface area contributed by atoms with E-state index in [0.717, 1.165) is 42.3 Å². The zero-order chi connectivity index (χ0) is 12.7. The molecule has 0 N–H and O–H groups in total.